The van der Waals surface area contributed by atoms with Gasteiger partial charge >= 0.3 is 17.9 Å². The van der Waals surface area contributed by atoms with Crippen molar-refractivity contribution in [3.63, 3.8) is 0 Å². The van der Waals surface area contributed by atoms with Gasteiger partial charge in [0.25, 0.3) is 0 Å². The van der Waals surface area contributed by atoms with Crippen LogP contribution in [0, 0.1) is 0 Å². The Bertz CT molecular complexity index is 1200. The molecule has 0 aliphatic rings. The first-order chi connectivity index (χ1) is 32.5. The van der Waals surface area contributed by atoms with E-state index in [1.165, 1.54) is 161 Å². The average Bonchev–Trinajstić information content (AvgIpc) is 3.31. The predicted molar refractivity (Wildman–Crippen MR) is 284 cm³/mol. The molecule has 0 bridgehead atoms. The van der Waals surface area contributed by atoms with Crippen LogP contribution in [0.25, 0.3) is 0 Å². The fourth-order valence-electron chi connectivity index (χ4n) is 8.02. The molecule has 1 unspecified atom stereocenters. The van der Waals surface area contributed by atoms with Gasteiger partial charge < -0.3 is 14.2 Å². The molecule has 0 rings (SSSR count). The lowest BCUT2D eigenvalue weighted by Gasteiger charge is -2.18. The van der Waals surface area contributed by atoms with Gasteiger partial charge in [-0.05, 0) is 83.5 Å². The maximum atomic E-state index is 12.8. The zero-order valence-corrected chi connectivity index (χ0v) is 43.7. The molecule has 0 aliphatic carbocycles. The maximum Gasteiger partial charge on any atom is 0.306 e. The van der Waals surface area contributed by atoms with E-state index in [2.05, 4.69) is 81.5 Å². The first kappa shape index (κ1) is 63.1. The molecule has 66 heavy (non-hydrogen) atoms. The Balaban J connectivity index is 4.41. The highest BCUT2D eigenvalue weighted by Gasteiger charge is 2.19. The molecule has 6 nitrogen and oxygen atoms in total. The molecule has 0 saturated carbocycles. The van der Waals surface area contributed by atoms with Gasteiger partial charge in [0.2, 0.25) is 0 Å². The monoisotopic (exact) mass is 923 g/mol. The quantitative estimate of drug-likeness (QED) is 0.0262. The van der Waals surface area contributed by atoms with Gasteiger partial charge in [-0.2, -0.15) is 0 Å². The van der Waals surface area contributed by atoms with Crippen LogP contribution in [-0.4, -0.2) is 37.2 Å². The van der Waals surface area contributed by atoms with E-state index in [-0.39, 0.29) is 37.5 Å². The number of hydrogen-bond acceptors (Lipinski definition) is 6. The molecule has 0 fully saturated rings. The second kappa shape index (κ2) is 54.7. The summed E-state index contributed by atoms with van der Waals surface area (Å²) in [6.45, 7) is 6.51. The Morgan fingerprint density at radius 2 is 0.591 bits per heavy atom. The van der Waals surface area contributed by atoms with E-state index in [4.69, 9.17) is 14.2 Å². The number of ether oxygens (including phenoxy) is 3. The van der Waals surface area contributed by atoms with E-state index in [0.29, 0.717) is 19.3 Å². The molecular weight excluding hydrogens is 817 g/mol. The minimum atomic E-state index is -0.795. The van der Waals surface area contributed by atoms with Gasteiger partial charge in [0.1, 0.15) is 13.2 Å². The van der Waals surface area contributed by atoms with E-state index in [9.17, 15) is 14.4 Å². The van der Waals surface area contributed by atoms with Crippen LogP contribution < -0.4 is 0 Å². The van der Waals surface area contributed by atoms with Crippen molar-refractivity contribution in [3.8, 4) is 0 Å². The minimum Gasteiger partial charge on any atom is -0.462 e. The highest BCUT2D eigenvalue weighted by Crippen LogP contribution is 2.16. The molecule has 0 saturated heterocycles. The van der Waals surface area contributed by atoms with Crippen LogP contribution >= 0.6 is 0 Å². The Hall–Kier alpha value is -2.89. The fourth-order valence-corrected chi connectivity index (χ4v) is 8.02. The topological polar surface area (TPSA) is 78.9 Å². The van der Waals surface area contributed by atoms with E-state index in [0.717, 1.165) is 77.0 Å². The van der Waals surface area contributed by atoms with Gasteiger partial charge in [-0.25, -0.2) is 0 Å². The Kier molecular flexibility index (Phi) is 52.3. The third kappa shape index (κ3) is 52.1. The normalized spacial score (nSPS) is 12.5. The fraction of sp³-hybridized carbons (Fsp3) is 0.783. The van der Waals surface area contributed by atoms with Gasteiger partial charge in [-0.3, -0.25) is 14.4 Å². The maximum absolute atomic E-state index is 12.8. The number of unbranched alkanes of at least 4 members (excludes halogenated alkanes) is 30. The van der Waals surface area contributed by atoms with Crippen molar-refractivity contribution in [1.29, 1.82) is 0 Å². The molecule has 0 spiro atoms. The summed E-state index contributed by atoms with van der Waals surface area (Å²) in [7, 11) is 0. The van der Waals surface area contributed by atoms with Gasteiger partial charge in [0.05, 0.1) is 0 Å². The van der Waals surface area contributed by atoms with Crippen molar-refractivity contribution < 1.29 is 28.6 Å². The number of rotatable bonds is 51. The lowest BCUT2D eigenvalue weighted by Crippen LogP contribution is -2.30. The van der Waals surface area contributed by atoms with Crippen LogP contribution in [0.15, 0.2) is 60.8 Å². The Labute approximate surface area is 409 Å². The van der Waals surface area contributed by atoms with Crippen LogP contribution in [-0.2, 0) is 28.6 Å². The molecule has 0 heterocycles. The van der Waals surface area contributed by atoms with Gasteiger partial charge in [-0.1, -0.05) is 242 Å². The van der Waals surface area contributed by atoms with E-state index in [1.54, 1.807) is 0 Å². The summed E-state index contributed by atoms with van der Waals surface area (Å²) in [6.07, 6.45) is 67.8. The van der Waals surface area contributed by atoms with Crippen molar-refractivity contribution in [3.05, 3.63) is 60.8 Å². The van der Waals surface area contributed by atoms with Crippen LogP contribution in [0.3, 0.4) is 0 Å². The van der Waals surface area contributed by atoms with Crippen molar-refractivity contribution in [2.45, 2.75) is 290 Å². The molecule has 382 valence electrons. The summed E-state index contributed by atoms with van der Waals surface area (Å²) < 4.78 is 16.8. The first-order valence-electron chi connectivity index (χ1n) is 28.3. The second-order valence-corrected chi connectivity index (χ2v) is 18.8. The lowest BCUT2D eigenvalue weighted by atomic mass is 10.0. The van der Waals surface area contributed by atoms with E-state index in [1.807, 2.05) is 0 Å². The first-order valence-corrected chi connectivity index (χ1v) is 28.3. The predicted octanol–water partition coefficient (Wildman–Crippen LogP) is 18.8. The molecular formula is C60H106O6. The zero-order valence-electron chi connectivity index (χ0n) is 43.7. The highest BCUT2D eigenvalue weighted by atomic mass is 16.6. The summed E-state index contributed by atoms with van der Waals surface area (Å²) in [4.78, 5) is 38.1. The molecule has 0 N–H and O–H groups in total. The summed E-state index contributed by atoms with van der Waals surface area (Å²) in [5, 5.41) is 0. The molecule has 0 aromatic rings. The molecule has 6 heteroatoms. The van der Waals surface area contributed by atoms with Crippen LogP contribution in [0.1, 0.15) is 284 Å². The van der Waals surface area contributed by atoms with E-state index < -0.39 is 6.10 Å². The SMILES string of the molecule is CC/C=C\C/C=C\C/C=C\C/C=C\CCCCC(=O)OC(COC(=O)CCCCCCCCC/C=C\CCCCCCCCC)COC(=O)CCCCCCCCCCCCCCCCC. The standard InChI is InChI=1S/C60H106O6/c1-4-7-10-13-16-19-22-25-28-29-30-33-35-38-41-44-47-50-53-59(62)65-56-57(66-60(63)54-51-48-45-42-39-36-32-27-24-21-18-15-12-9-6-3)55-64-58(61)52-49-46-43-40-37-34-31-26-23-20-17-14-11-8-5-2/h9,12,18,21,27-29,32,39,42,57H,4-8,10-11,13-17,19-20,22-26,30-31,33-38,40-41,43-56H2,1-3H3/b12-9-,21-18-,29-28-,32-27-,42-39-. The van der Waals surface area contributed by atoms with Crippen molar-refractivity contribution >= 4 is 17.9 Å². The molecule has 0 radical (unpaired) electrons. The van der Waals surface area contributed by atoms with Crippen molar-refractivity contribution in [2.24, 2.45) is 0 Å². The Morgan fingerprint density at radius 3 is 0.970 bits per heavy atom. The largest absolute Gasteiger partial charge is 0.462 e. The summed E-state index contributed by atoms with van der Waals surface area (Å²) >= 11 is 0. The molecule has 0 amide bonds. The number of allylic oxidation sites excluding steroid dienone is 10. The van der Waals surface area contributed by atoms with Crippen LogP contribution in [0.5, 0.6) is 0 Å². The molecule has 0 aromatic heterocycles. The average molecular weight is 924 g/mol. The van der Waals surface area contributed by atoms with E-state index >= 15 is 0 Å². The number of carbonyl (C=O) groups excluding carboxylic acids is 3. The van der Waals surface area contributed by atoms with Crippen molar-refractivity contribution in [2.75, 3.05) is 13.2 Å². The zero-order chi connectivity index (χ0) is 47.9. The number of carbonyl (C=O) groups is 3. The number of hydrogen-bond donors (Lipinski definition) is 0. The summed E-state index contributed by atoms with van der Waals surface area (Å²) in [5.41, 5.74) is 0. The lowest BCUT2D eigenvalue weighted by molar-refractivity contribution is -0.167. The molecule has 0 aromatic carbocycles. The summed E-state index contributed by atoms with van der Waals surface area (Å²) in [6, 6.07) is 0. The smallest absolute Gasteiger partial charge is 0.306 e. The van der Waals surface area contributed by atoms with Crippen molar-refractivity contribution in [1.82, 2.24) is 0 Å². The summed E-state index contributed by atoms with van der Waals surface area (Å²) in [5.74, 6) is -0.925. The van der Waals surface area contributed by atoms with Gasteiger partial charge in [-0.15, -0.1) is 0 Å². The van der Waals surface area contributed by atoms with Crippen LogP contribution in [0.2, 0.25) is 0 Å². The third-order valence-electron chi connectivity index (χ3n) is 12.3. The van der Waals surface area contributed by atoms with Gasteiger partial charge in [0.15, 0.2) is 6.10 Å². The second-order valence-electron chi connectivity index (χ2n) is 18.8. The van der Waals surface area contributed by atoms with Gasteiger partial charge in [0, 0.05) is 19.3 Å². The number of esters is 3. The highest BCUT2D eigenvalue weighted by molar-refractivity contribution is 5.71. The third-order valence-corrected chi connectivity index (χ3v) is 12.3. The molecule has 1 atom stereocenters. The molecule has 0 aliphatic heterocycles. The van der Waals surface area contributed by atoms with Crippen LogP contribution in [0.4, 0.5) is 0 Å². The minimum absolute atomic E-state index is 0.0898. The Morgan fingerprint density at radius 1 is 0.318 bits per heavy atom.